The number of hydrogen-bond acceptors (Lipinski definition) is 3. The van der Waals surface area contributed by atoms with Crippen molar-refractivity contribution >= 4 is 23.5 Å². The lowest BCUT2D eigenvalue weighted by atomic mass is 10.2. The second-order valence-electron chi connectivity index (χ2n) is 5.36. The smallest absolute Gasteiger partial charge is 0.305 e. The Morgan fingerprint density at radius 1 is 1.35 bits per heavy atom. The second-order valence-corrected chi connectivity index (χ2v) is 5.80. The fourth-order valence-corrected chi connectivity index (χ4v) is 2.34. The Labute approximate surface area is 139 Å². The van der Waals surface area contributed by atoms with E-state index >= 15 is 0 Å². The number of hydrogen-bond donors (Lipinski definition) is 1. The van der Waals surface area contributed by atoms with Gasteiger partial charge in [0.1, 0.15) is 0 Å². The van der Waals surface area contributed by atoms with Crippen molar-refractivity contribution in [3.05, 3.63) is 47.2 Å². The maximum Gasteiger partial charge on any atom is 0.305 e. The zero-order valence-corrected chi connectivity index (χ0v) is 13.7. The Morgan fingerprint density at radius 3 is 2.70 bits per heavy atom. The quantitative estimate of drug-likeness (QED) is 0.880. The van der Waals surface area contributed by atoms with E-state index in [2.05, 4.69) is 5.10 Å². The van der Waals surface area contributed by atoms with Gasteiger partial charge in [0.05, 0.1) is 12.1 Å². The SMILES string of the molecule is CC(C)N(CCC(=O)O)C(=O)c1ccn(-c2cccc(Cl)c2)n1. The molecule has 23 heavy (non-hydrogen) atoms. The molecule has 122 valence electrons. The van der Waals surface area contributed by atoms with Gasteiger partial charge >= 0.3 is 5.97 Å². The van der Waals surface area contributed by atoms with Crippen LogP contribution in [-0.4, -0.2) is 44.3 Å². The van der Waals surface area contributed by atoms with Crippen LogP contribution in [0.15, 0.2) is 36.5 Å². The van der Waals surface area contributed by atoms with Crippen LogP contribution in [0.5, 0.6) is 0 Å². The molecule has 2 aromatic rings. The largest absolute Gasteiger partial charge is 0.481 e. The Balaban J connectivity index is 2.20. The van der Waals surface area contributed by atoms with Crippen LogP contribution in [0.2, 0.25) is 5.02 Å². The van der Waals surface area contributed by atoms with E-state index in [-0.39, 0.29) is 30.6 Å². The number of halogens is 1. The lowest BCUT2D eigenvalue weighted by molar-refractivity contribution is -0.137. The molecule has 0 aliphatic rings. The molecule has 0 bridgehead atoms. The van der Waals surface area contributed by atoms with Crippen molar-refractivity contribution < 1.29 is 14.7 Å². The molecule has 0 saturated heterocycles. The number of aromatic nitrogens is 2. The monoisotopic (exact) mass is 335 g/mol. The Bertz CT molecular complexity index is 712. The van der Waals surface area contributed by atoms with Crippen LogP contribution in [0.3, 0.4) is 0 Å². The van der Waals surface area contributed by atoms with E-state index < -0.39 is 5.97 Å². The number of aliphatic carboxylic acids is 1. The van der Waals surface area contributed by atoms with Crippen LogP contribution >= 0.6 is 11.6 Å². The van der Waals surface area contributed by atoms with Gasteiger partial charge in [-0.3, -0.25) is 9.59 Å². The first-order chi connectivity index (χ1) is 10.9. The van der Waals surface area contributed by atoms with E-state index in [1.165, 1.54) is 4.90 Å². The normalized spacial score (nSPS) is 10.8. The Hall–Kier alpha value is -2.34. The van der Waals surface area contributed by atoms with Crippen LogP contribution < -0.4 is 0 Å². The van der Waals surface area contributed by atoms with Crippen molar-refractivity contribution in [3.63, 3.8) is 0 Å². The number of nitrogens with zero attached hydrogens (tertiary/aromatic N) is 3. The van der Waals surface area contributed by atoms with E-state index in [1.54, 1.807) is 35.1 Å². The number of carbonyl (C=O) groups is 2. The average Bonchev–Trinajstić information content (AvgIpc) is 2.96. The summed E-state index contributed by atoms with van der Waals surface area (Å²) in [6, 6.07) is 8.63. The molecule has 2 rings (SSSR count). The standard InChI is InChI=1S/C16H18ClN3O3/c1-11(2)19(8-7-15(21)22)16(23)14-6-9-20(18-14)13-5-3-4-12(17)10-13/h3-6,9-11H,7-8H2,1-2H3,(H,21,22). The minimum atomic E-state index is -0.937. The third-order valence-electron chi connectivity index (χ3n) is 3.33. The molecule has 0 fully saturated rings. The second kappa shape index (κ2) is 7.28. The number of amides is 1. The van der Waals surface area contributed by atoms with E-state index in [1.807, 2.05) is 19.9 Å². The van der Waals surface area contributed by atoms with Crippen LogP contribution in [0, 0.1) is 0 Å². The van der Waals surface area contributed by atoms with Crippen molar-refractivity contribution in [2.24, 2.45) is 0 Å². The van der Waals surface area contributed by atoms with Crippen molar-refractivity contribution in [1.82, 2.24) is 14.7 Å². The highest BCUT2D eigenvalue weighted by atomic mass is 35.5. The lowest BCUT2D eigenvalue weighted by Gasteiger charge is -2.25. The van der Waals surface area contributed by atoms with Crippen LogP contribution in [0.4, 0.5) is 0 Å². The summed E-state index contributed by atoms with van der Waals surface area (Å²) in [6.45, 7) is 3.83. The Kier molecular flexibility index (Phi) is 5.39. The van der Waals surface area contributed by atoms with Gasteiger partial charge in [-0.1, -0.05) is 17.7 Å². The van der Waals surface area contributed by atoms with E-state index in [4.69, 9.17) is 16.7 Å². The topological polar surface area (TPSA) is 75.4 Å². The van der Waals surface area contributed by atoms with Crippen molar-refractivity contribution in [2.75, 3.05) is 6.54 Å². The van der Waals surface area contributed by atoms with Crippen LogP contribution in [-0.2, 0) is 4.79 Å². The van der Waals surface area contributed by atoms with Gasteiger partial charge in [-0.05, 0) is 38.1 Å². The van der Waals surface area contributed by atoms with Crippen LogP contribution in [0.25, 0.3) is 5.69 Å². The highest BCUT2D eigenvalue weighted by Crippen LogP contribution is 2.15. The third kappa shape index (κ3) is 4.32. The molecule has 0 unspecified atom stereocenters. The van der Waals surface area contributed by atoms with Crippen molar-refractivity contribution in [2.45, 2.75) is 26.3 Å². The van der Waals surface area contributed by atoms with Gasteiger partial charge in [-0.25, -0.2) is 4.68 Å². The highest BCUT2D eigenvalue weighted by molar-refractivity contribution is 6.30. The van der Waals surface area contributed by atoms with Gasteiger partial charge in [0.25, 0.3) is 5.91 Å². The summed E-state index contributed by atoms with van der Waals surface area (Å²) in [5.74, 6) is -1.23. The molecule has 0 aliphatic carbocycles. The fourth-order valence-electron chi connectivity index (χ4n) is 2.16. The molecule has 0 radical (unpaired) electrons. The first-order valence-electron chi connectivity index (χ1n) is 7.23. The van der Waals surface area contributed by atoms with E-state index in [0.29, 0.717) is 5.02 Å². The fraction of sp³-hybridized carbons (Fsp3) is 0.312. The Morgan fingerprint density at radius 2 is 2.09 bits per heavy atom. The molecule has 1 heterocycles. The highest BCUT2D eigenvalue weighted by Gasteiger charge is 2.21. The zero-order valence-electron chi connectivity index (χ0n) is 12.9. The molecule has 1 aromatic carbocycles. The van der Waals surface area contributed by atoms with E-state index in [0.717, 1.165) is 5.69 Å². The summed E-state index contributed by atoms with van der Waals surface area (Å²) in [6.07, 6.45) is 1.58. The van der Waals surface area contributed by atoms with Gasteiger partial charge in [0, 0.05) is 23.8 Å². The number of rotatable bonds is 6. The predicted octanol–water partition coefficient (Wildman–Crippen LogP) is 2.85. The number of carboxylic acids is 1. The third-order valence-corrected chi connectivity index (χ3v) is 3.57. The molecule has 0 atom stereocenters. The molecular weight excluding hydrogens is 318 g/mol. The molecule has 1 amide bonds. The van der Waals surface area contributed by atoms with E-state index in [9.17, 15) is 9.59 Å². The number of carboxylic acid groups (broad SMARTS) is 1. The summed E-state index contributed by atoms with van der Waals surface area (Å²) < 4.78 is 1.56. The molecule has 1 aromatic heterocycles. The number of benzene rings is 1. The maximum absolute atomic E-state index is 12.5. The first kappa shape index (κ1) is 17.0. The molecule has 0 spiro atoms. The molecule has 7 heteroatoms. The molecule has 0 aliphatic heterocycles. The summed E-state index contributed by atoms with van der Waals surface area (Å²) >= 11 is 5.96. The molecule has 1 N–H and O–H groups in total. The molecule has 6 nitrogen and oxygen atoms in total. The molecule has 0 saturated carbocycles. The van der Waals surface area contributed by atoms with Crippen molar-refractivity contribution in [1.29, 1.82) is 0 Å². The summed E-state index contributed by atoms with van der Waals surface area (Å²) in [4.78, 5) is 24.8. The van der Waals surface area contributed by atoms with Gasteiger partial charge in [-0.15, -0.1) is 0 Å². The zero-order chi connectivity index (χ0) is 17.0. The summed E-state index contributed by atoms with van der Waals surface area (Å²) in [7, 11) is 0. The lowest BCUT2D eigenvalue weighted by Crippen LogP contribution is -2.38. The summed E-state index contributed by atoms with van der Waals surface area (Å²) in [5, 5.41) is 13.7. The van der Waals surface area contributed by atoms with Gasteiger partial charge in [0.2, 0.25) is 0 Å². The minimum Gasteiger partial charge on any atom is -0.481 e. The van der Waals surface area contributed by atoms with Gasteiger partial charge < -0.3 is 10.0 Å². The first-order valence-corrected chi connectivity index (χ1v) is 7.60. The summed E-state index contributed by atoms with van der Waals surface area (Å²) in [5.41, 5.74) is 1.02. The number of carbonyl (C=O) groups excluding carboxylic acids is 1. The van der Waals surface area contributed by atoms with Crippen LogP contribution in [0.1, 0.15) is 30.8 Å². The maximum atomic E-state index is 12.5. The predicted molar refractivity (Wildman–Crippen MR) is 87.0 cm³/mol. The van der Waals surface area contributed by atoms with Gasteiger partial charge in [0.15, 0.2) is 5.69 Å². The van der Waals surface area contributed by atoms with Crippen molar-refractivity contribution in [3.8, 4) is 5.69 Å². The minimum absolute atomic E-state index is 0.0983. The van der Waals surface area contributed by atoms with Gasteiger partial charge in [-0.2, -0.15) is 5.10 Å². The molecular formula is C16H18ClN3O3. The average molecular weight is 336 g/mol.